The molecule has 0 aliphatic heterocycles. The lowest BCUT2D eigenvalue weighted by Gasteiger charge is -2.03. The van der Waals surface area contributed by atoms with Gasteiger partial charge in [0.25, 0.3) is 0 Å². The van der Waals surface area contributed by atoms with Crippen LogP contribution >= 0.6 is 0 Å². The number of rotatable bonds is 2. The minimum atomic E-state index is -0.438. The highest BCUT2D eigenvalue weighted by atomic mass is 19.1. The van der Waals surface area contributed by atoms with Crippen LogP contribution in [0.5, 0.6) is 0 Å². The van der Waals surface area contributed by atoms with Crippen molar-refractivity contribution in [3.8, 4) is 0 Å². The van der Waals surface area contributed by atoms with Crippen LogP contribution in [0.2, 0.25) is 0 Å². The second-order valence-electron chi connectivity index (χ2n) is 2.77. The van der Waals surface area contributed by atoms with Crippen LogP contribution in [0.3, 0.4) is 0 Å². The minimum Gasteiger partial charge on any atom is -0.396 e. The van der Waals surface area contributed by atoms with Gasteiger partial charge in [-0.3, -0.25) is 4.79 Å². The minimum absolute atomic E-state index is 0.0999. The van der Waals surface area contributed by atoms with Gasteiger partial charge in [-0.05, 0) is 17.7 Å². The Balaban J connectivity index is 2.68. The Hall–Kier alpha value is -1.58. The summed E-state index contributed by atoms with van der Waals surface area (Å²) in [4.78, 5) is 10.6. The number of carbonyl (C=O) groups is 1. The average molecular weight is 182 g/mol. The van der Waals surface area contributed by atoms with E-state index in [9.17, 15) is 9.18 Å². The quantitative estimate of drug-likeness (QED) is 0.671. The molecule has 0 aliphatic rings. The SMILES string of the molecule is CC(=O)NCc1ccc(F)c(N)c1. The number of benzene rings is 1. The van der Waals surface area contributed by atoms with Gasteiger partial charge in [0.2, 0.25) is 5.91 Å². The summed E-state index contributed by atoms with van der Waals surface area (Å²) in [5.74, 6) is -0.561. The third kappa shape index (κ3) is 2.74. The fraction of sp³-hybridized carbons (Fsp3) is 0.222. The molecule has 0 saturated heterocycles. The number of hydrogen-bond acceptors (Lipinski definition) is 2. The van der Waals surface area contributed by atoms with Crippen LogP contribution in [0.15, 0.2) is 18.2 Å². The zero-order valence-corrected chi connectivity index (χ0v) is 7.30. The van der Waals surface area contributed by atoms with Crippen molar-refractivity contribution in [3.05, 3.63) is 29.6 Å². The van der Waals surface area contributed by atoms with Gasteiger partial charge < -0.3 is 11.1 Å². The molecule has 0 radical (unpaired) electrons. The first-order valence-corrected chi connectivity index (χ1v) is 3.88. The van der Waals surface area contributed by atoms with Crippen LogP contribution in [-0.2, 0) is 11.3 Å². The van der Waals surface area contributed by atoms with Crippen LogP contribution in [-0.4, -0.2) is 5.91 Å². The first-order chi connectivity index (χ1) is 6.09. The van der Waals surface area contributed by atoms with E-state index in [-0.39, 0.29) is 11.6 Å². The molecule has 4 heteroatoms. The Morgan fingerprint density at radius 3 is 2.85 bits per heavy atom. The van der Waals surface area contributed by atoms with Crippen molar-refractivity contribution < 1.29 is 9.18 Å². The molecule has 0 atom stereocenters. The molecule has 13 heavy (non-hydrogen) atoms. The number of anilines is 1. The van der Waals surface area contributed by atoms with Gasteiger partial charge >= 0.3 is 0 Å². The second-order valence-corrected chi connectivity index (χ2v) is 2.77. The maximum Gasteiger partial charge on any atom is 0.217 e. The van der Waals surface area contributed by atoms with Crippen LogP contribution in [0.4, 0.5) is 10.1 Å². The predicted molar refractivity (Wildman–Crippen MR) is 48.3 cm³/mol. The van der Waals surface area contributed by atoms with E-state index in [0.29, 0.717) is 6.54 Å². The molecule has 3 N–H and O–H groups in total. The Morgan fingerprint density at radius 1 is 1.62 bits per heavy atom. The van der Waals surface area contributed by atoms with Crippen molar-refractivity contribution in [3.63, 3.8) is 0 Å². The molecule has 0 aliphatic carbocycles. The highest BCUT2D eigenvalue weighted by Gasteiger charge is 1.99. The maximum atomic E-state index is 12.7. The molecule has 1 rings (SSSR count). The molecule has 3 nitrogen and oxygen atoms in total. The smallest absolute Gasteiger partial charge is 0.217 e. The number of amides is 1. The van der Waals surface area contributed by atoms with Gasteiger partial charge in [-0.2, -0.15) is 0 Å². The fourth-order valence-corrected chi connectivity index (χ4v) is 0.930. The first kappa shape index (κ1) is 9.51. The molecule has 1 amide bonds. The van der Waals surface area contributed by atoms with Crippen LogP contribution in [0, 0.1) is 5.82 Å². The summed E-state index contributed by atoms with van der Waals surface area (Å²) in [6, 6.07) is 4.37. The molecule has 70 valence electrons. The summed E-state index contributed by atoms with van der Waals surface area (Å²) >= 11 is 0. The number of nitrogen functional groups attached to an aromatic ring is 1. The van der Waals surface area contributed by atoms with E-state index in [1.807, 2.05) is 0 Å². The summed E-state index contributed by atoms with van der Waals surface area (Å²) in [5.41, 5.74) is 6.23. The number of halogens is 1. The molecule has 1 aromatic carbocycles. The summed E-state index contributed by atoms with van der Waals surface area (Å²) in [6.45, 7) is 1.80. The summed E-state index contributed by atoms with van der Waals surface area (Å²) in [5, 5.41) is 2.59. The average Bonchev–Trinajstić information content (AvgIpc) is 2.07. The topological polar surface area (TPSA) is 55.1 Å². The lowest BCUT2D eigenvalue weighted by molar-refractivity contribution is -0.119. The van der Waals surface area contributed by atoms with Crippen molar-refractivity contribution in [1.29, 1.82) is 0 Å². The summed E-state index contributed by atoms with van der Waals surface area (Å²) in [7, 11) is 0. The third-order valence-corrected chi connectivity index (χ3v) is 1.60. The molecule has 0 heterocycles. The highest BCUT2D eigenvalue weighted by Crippen LogP contribution is 2.11. The van der Waals surface area contributed by atoms with E-state index in [2.05, 4.69) is 5.32 Å². The Labute approximate surface area is 75.7 Å². The lowest BCUT2D eigenvalue weighted by atomic mass is 10.2. The van der Waals surface area contributed by atoms with Crippen LogP contribution in [0.25, 0.3) is 0 Å². The molecule has 0 bridgehead atoms. The van der Waals surface area contributed by atoms with Crippen molar-refractivity contribution in [2.45, 2.75) is 13.5 Å². The van der Waals surface area contributed by atoms with Gasteiger partial charge in [0.05, 0.1) is 5.69 Å². The van der Waals surface area contributed by atoms with Crippen LogP contribution in [0.1, 0.15) is 12.5 Å². The number of nitrogens with two attached hydrogens (primary N) is 1. The predicted octanol–water partition coefficient (Wildman–Crippen LogP) is 1.04. The Morgan fingerprint density at radius 2 is 2.31 bits per heavy atom. The summed E-state index contributed by atoms with van der Waals surface area (Å²) < 4.78 is 12.7. The molecular weight excluding hydrogens is 171 g/mol. The van der Waals surface area contributed by atoms with Gasteiger partial charge in [0.1, 0.15) is 5.82 Å². The van der Waals surface area contributed by atoms with E-state index in [4.69, 9.17) is 5.73 Å². The number of hydrogen-bond donors (Lipinski definition) is 2. The largest absolute Gasteiger partial charge is 0.396 e. The van der Waals surface area contributed by atoms with Gasteiger partial charge in [-0.1, -0.05) is 6.07 Å². The van der Waals surface area contributed by atoms with Crippen molar-refractivity contribution >= 4 is 11.6 Å². The molecule has 0 spiro atoms. The number of carbonyl (C=O) groups excluding carboxylic acids is 1. The van der Waals surface area contributed by atoms with Gasteiger partial charge in [-0.25, -0.2) is 4.39 Å². The highest BCUT2D eigenvalue weighted by molar-refractivity contribution is 5.72. The Kier molecular flexibility index (Phi) is 2.84. The van der Waals surface area contributed by atoms with Gasteiger partial charge in [0, 0.05) is 13.5 Å². The van der Waals surface area contributed by atoms with Gasteiger partial charge in [-0.15, -0.1) is 0 Å². The maximum absolute atomic E-state index is 12.7. The zero-order valence-electron chi connectivity index (χ0n) is 7.30. The van der Waals surface area contributed by atoms with E-state index in [1.165, 1.54) is 19.1 Å². The second kappa shape index (κ2) is 3.89. The van der Waals surface area contributed by atoms with E-state index < -0.39 is 5.82 Å². The monoisotopic (exact) mass is 182 g/mol. The molecular formula is C9H11FN2O. The first-order valence-electron chi connectivity index (χ1n) is 3.88. The Bertz CT molecular complexity index is 325. The zero-order chi connectivity index (χ0) is 9.84. The lowest BCUT2D eigenvalue weighted by Crippen LogP contribution is -2.18. The normalized spacial score (nSPS) is 9.69. The molecule has 0 saturated carbocycles. The molecule has 0 unspecified atom stereocenters. The third-order valence-electron chi connectivity index (χ3n) is 1.60. The van der Waals surface area contributed by atoms with E-state index >= 15 is 0 Å². The van der Waals surface area contributed by atoms with Crippen molar-refractivity contribution in [2.75, 3.05) is 5.73 Å². The molecule has 0 fully saturated rings. The van der Waals surface area contributed by atoms with Crippen LogP contribution < -0.4 is 11.1 Å². The van der Waals surface area contributed by atoms with Crippen molar-refractivity contribution in [2.24, 2.45) is 0 Å². The van der Waals surface area contributed by atoms with Crippen molar-refractivity contribution in [1.82, 2.24) is 5.32 Å². The van der Waals surface area contributed by atoms with E-state index in [0.717, 1.165) is 5.56 Å². The number of nitrogens with one attached hydrogen (secondary N) is 1. The molecule has 0 aromatic heterocycles. The summed E-state index contributed by atoms with van der Waals surface area (Å²) in [6.07, 6.45) is 0. The van der Waals surface area contributed by atoms with Gasteiger partial charge in [0.15, 0.2) is 0 Å². The molecule has 1 aromatic rings. The van der Waals surface area contributed by atoms with E-state index in [1.54, 1.807) is 6.07 Å². The fourth-order valence-electron chi connectivity index (χ4n) is 0.930. The standard InChI is InChI=1S/C9H11FN2O/c1-6(13)12-5-7-2-3-8(10)9(11)4-7/h2-4H,5,11H2,1H3,(H,12,13).